The van der Waals surface area contributed by atoms with Crippen molar-refractivity contribution in [3.63, 3.8) is 0 Å². The van der Waals surface area contributed by atoms with Crippen molar-refractivity contribution < 1.29 is 19.1 Å². The summed E-state index contributed by atoms with van der Waals surface area (Å²) in [6.45, 7) is 10.1. The predicted octanol–water partition coefficient (Wildman–Crippen LogP) is 2.56. The lowest BCUT2D eigenvalue weighted by Crippen LogP contribution is -2.55. The Morgan fingerprint density at radius 3 is 2.13 bits per heavy atom. The number of piperidine rings is 1. The highest BCUT2D eigenvalue weighted by molar-refractivity contribution is 5.97. The lowest BCUT2D eigenvalue weighted by molar-refractivity contribution is -0.137. The maximum Gasteiger partial charge on any atom is 0.251 e. The van der Waals surface area contributed by atoms with Crippen LogP contribution in [0.25, 0.3) is 0 Å². The van der Waals surface area contributed by atoms with E-state index in [9.17, 15) is 14.4 Å². The number of nitrogens with one attached hydrogen (secondary N) is 1. The van der Waals surface area contributed by atoms with E-state index in [1.165, 1.54) is 0 Å². The summed E-state index contributed by atoms with van der Waals surface area (Å²) in [5.41, 5.74) is 0.487. The minimum absolute atomic E-state index is 0.00323. The number of ether oxygens (including phenoxy) is 1. The fraction of sp³-hybridized carbons (Fsp3) is 0.609. The molecule has 0 spiro atoms. The Morgan fingerprint density at radius 1 is 1.10 bits per heavy atom. The Labute approximate surface area is 179 Å². The highest BCUT2D eigenvalue weighted by Crippen LogP contribution is 2.24. The van der Waals surface area contributed by atoms with Gasteiger partial charge in [0.1, 0.15) is 11.8 Å². The van der Waals surface area contributed by atoms with Gasteiger partial charge in [0.05, 0.1) is 7.11 Å². The van der Waals surface area contributed by atoms with E-state index in [-0.39, 0.29) is 29.6 Å². The van der Waals surface area contributed by atoms with Crippen LogP contribution in [-0.2, 0) is 9.59 Å². The normalized spacial score (nSPS) is 15.6. The molecule has 1 fully saturated rings. The molecule has 1 atom stereocenters. The van der Waals surface area contributed by atoms with E-state index in [0.717, 1.165) is 0 Å². The van der Waals surface area contributed by atoms with Crippen molar-refractivity contribution in [3.05, 3.63) is 29.8 Å². The molecule has 0 aromatic heterocycles. The minimum atomic E-state index is -0.601. The first-order valence-corrected chi connectivity index (χ1v) is 10.8. The summed E-state index contributed by atoms with van der Waals surface area (Å²) in [5.74, 6) is 0.437. The number of methoxy groups -OCH3 is 1. The molecule has 0 radical (unpaired) electrons. The SMILES string of the molecule is CCN(CC)C(=O)[C@H](NC(=O)c1ccc(OC)cc1)C1CCN(C(=O)C(C)C)CC1. The Morgan fingerprint density at radius 2 is 1.67 bits per heavy atom. The molecule has 0 bridgehead atoms. The third kappa shape index (κ3) is 5.74. The second kappa shape index (κ2) is 11.0. The van der Waals surface area contributed by atoms with E-state index >= 15 is 0 Å². The number of amides is 3. The molecule has 1 aliphatic rings. The smallest absolute Gasteiger partial charge is 0.251 e. The van der Waals surface area contributed by atoms with Crippen LogP contribution in [0.15, 0.2) is 24.3 Å². The largest absolute Gasteiger partial charge is 0.497 e. The average Bonchev–Trinajstić information content (AvgIpc) is 2.77. The van der Waals surface area contributed by atoms with Crippen LogP contribution in [0.5, 0.6) is 5.75 Å². The molecule has 1 saturated heterocycles. The van der Waals surface area contributed by atoms with Gasteiger partial charge in [0.15, 0.2) is 0 Å². The predicted molar refractivity (Wildman–Crippen MR) is 116 cm³/mol. The Balaban J connectivity index is 2.15. The van der Waals surface area contributed by atoms with Crippen molar-refractivity contribution in [2.45, 2.75) is 46.6 Å². The third-order valence-corrected chi connectivity index (χ3v) is 5.80. The van der Waals surface area contributed by atoms with E-state index in [4.69, 9.17) is 4.74 Å². The van der Waals surface area contributed by atoms with Crippen LogP contribution < -0.4 is 10.1 Å². The number of benzene rings is 1. The van der Waals surface area contributed by atoms with E-state index in [0.29, 0.717) is 50.3 Å². The van der Waals surface area contributed by atoms with Crippen molar-refractivity contribution in [1.29, 1.82) is 0 Å². The number of rotatable bonds is 8. The summed E-state index contributed by atoms with van der Waals surface area (Å²) >= 11 is 0. The molecule has 2 rings (SSSR count). The lowest BCUT2D eigenvalue weighted by Gasteiger charge is -2.38. The molecule has 1 aliphatic heterocycles. The van der Waals surface area contributed by atoms with Gasteiger partial charge in [0.25, 0.3) is 5.91 Å². The number of likely N-dealkylation sites (N-methyl/N-ethyl adjacent to an activating group) is 1. The molecule has 1 heterocycles. The zero-order valence-electron chi connectivity index (χ0n) is 18.8. The molecular formula is C23H35N3O4. The first-order valence-electron chi connectivity index (χ1n) is 10.8. The summed E-state index contributed by atoms with van der Waals surface area (Å²) in [6.07, 6.45) is 1.39. The van der Waals surface area contributed by atoms with E-state index in [1.54, 1.807) is 36.3 Å². The van der Waals surface area contributed by atoms with E-state index < -0.39 is 6.04 Å². The summed E-state index contributed by atoms with van der Waals surface area (Å²) in [7, 11) is 1.57. The molecule has 7 nitrogen and oxygen atoms in total. The lowest BCUT2D eigenvalue weighted by atomic mass is 9.87. The fourth-order valence-corrected chi connectivity index (χ4v) is 3.90. The summed E-state index contributed by atoms with van der Waals surface area (Å²) in [5, 5.41) is 2.98. The van der Waals surface area contributed by atoms with Crippen LogP contribution in [0.3, 0.4) is 0 Å². The molecule has 1 aromatic rings. The zero-order valence-corrected chi connectivity index (χ0v) is 18.8. The van der Waals surface area contributed by atoms with Crippen molar-refractivity contribution in [1.82, 2.24) is 15.1 Å². The van der Waals surface area contributed by atoms with Crippen LogP contribution in [0, 0.1) is 11.8 Å². The number of carbonyl (C=O) groups excluding carboxylic acids is 3. The molecule has 1 N–H and O–H groups in total. The number of nitrogens with zero attached hydrogens (tertiary/aromatic N) is 2. The van der Waals surface area contributed by atoms with E-state index in [2.05, 4.69) is 5.32 Å². The number of carbonyl (C=O) groups is 3. The van der Waals surface area contributed by atoms with Crippen molar-refractivity contribution >= 4 is 17.7 Å². The highest BCUT2D eigenvalue weighted by Gasteiger charge is 2.35. The molecular weight excluding hydrogens is 382 g/mol. The molecule has 166 valence electrons. The van der Waals surface area contributed by atoms with Gasteiger partial charge >= 0.3 is 0 Å². The molecule has 30 heavy (non-hydrogen) atoms. The molecule has 0 unspecified atom stereocenters. The zero-order chi connectivity index (χ0) is 22.3. The van der Waals surface area contributed by atoms with Crippen LogP contribution >= 0.6 is 0 Å². The first kappa shape index (κ1) is 23.7. The van der Waals surface area contributed by atoms with Gasteiger partial charge in [-0.2, -0.15) is 0 Å². The van der Waals surface area contributed by atoms with Gasteiger partial charge in [-0.1, -0.05) is 13.8 Å². The Hall–Kier alpha value is -2.57. The average molecular weight is 418 g/mol. The van der Waals surface area contributed by atoms with Gasteiger partial charge in [0, 0.05) is 37.7 Å². The van der Waals surface area contributed by atoms with Gasteiger partial charge in [-0.15, -0.1) is 0 Å². The van der Waals surface area contributed by atoms with Crippen LogP contribution in [0.2, 0.25) is 0 Å². The van der Waals surface area contributed by atoms with Crippen LogP contribution in [0.4, 0.5) is 0 Å². The van der Waals surface area contributed by atoms with Gasteiger partial charge in [-0.25, -0.2) is 0 Å². The van der Waals surface area contributed by atoms with Crippen molar-refractivity contribution in [2.75, 3.05) is 33.3 Å². The number of hydrogen-bond donors (Lipinski definition) is 1. The van der Waals surface area contributed by atoms with E-state index in [1.807, 2.05) is 32.6 Å². The highest BCUT2D eigenvalue weighted by atomic mass is 16.5. The first-order chi connectivity index (χ1) is 14.3. The van der Waals surface area contributed by atoms with Gasteiger partial charge in [-0.3, -0.25) is 14.4 Å². The second-order valence-corrected chi connectivity index (χ2v) is 8.01. The maximum atomic E-state index is 13.2. The fourth-order valence-electron chi connectivity index (χ4n) is 3.90. The summed E-state index contributed by atoms with van der Waals surface area (Å²) in [6, 6.07) is 6.24. The van der Waals surface area contributed by atoms with Crippen LogP contribution in [0.1, 0.15) is 50.9 Å². The monoisotopic (exact) mass is 417 g/mol. The topological polar surface area (TPSA) is 79.0 Å². The number of hydrogen-bond acceptors (Lipinski definition) is 4. The third-order valence-electron chi connectivity index (χ3n) is 5.80. The Bertz CT molecular complexity index is 720. The molecule has 3 amide bonds. The number of likely N-dealkylation sites (tertiary alicyclic amines) is 1. The van der Waals surface area contributed by atoms with Gasteiger partial charge < -0.3 is 19.9 Å². The molecule has 7 heteroatoms. The summed E-state index contributed by atoms with van der Waals surface area (Å²) in [4.78, 5) is 42.0. The Kier molecular flexibility index (Phi) is 8.69. The minimum Gasteiger partial charge on any atom is -0.497 e. The van der Waals surface area contributed by atoms with Gasteiger partial charge in [-0.05, 0) is 56.9 Å². The maximum absolute atomic E-state index is 13.2. The summed E-state index contributed by atoms with van der Waals surface area (Å²) < 4.78 is 5.15. The molecule has 0 aliphatic carbocycles. The van der Waals surface area contributed by atoms with Crippen molar-refractivity contribution in [2.24, 2.45) is 11.8 Å². The molecule has 1 aromatic carbocycles. The van der Waals surface area contributed by atoms with Crippen LogP contribution in [-0.4, -0.2) is 66.9 Å². The van der Waals surface area contributed by atoms with Gasteiger partial charge in [0.2, 0.25) is 11.8 Å². The second-order valence-electron chi connectivity index (χ2n) is 8.01. The standard InChI is InChI=1S/C23H35N3O4/c1-6-25(7-2)23(29)20(17-12-14-26(15-13-17)22(28)16(3)4)24-21(27)18-8-10-19(30-5)11-9-18/h8-11,16-17,20H,6-7,12-15H2,1-5H3,(H,24,27)/t20-/m1/s1. The van der Waals surface area contributed by atoms with Crippen molar-refractivity contribution in [3.8, 4) is 5.75 Å². The molecule has 0 saturated carbocycles. The quantitative estimate of drug-likeness (QED) is 0.705.